The second kappa shape index (κ2) is 6.58. The molecule has 102 valence electrons. The first-order chi connectivity index (χ1) is 8.44. The molecule has 1 N–H and O–H groups in total. The van der Waals surface area contributed by atoms with Crippen molar-refractivity contribution in [3.8, 4) is 5.75 Å². The topological polar surface area (TPSA) is 21.3 Å². The highest BCUT2D eigenvalue weighted by atomic mass is 19.4. The second-order valence-electron chi connectivity index (χ2n) is 3.72. The van der Waals surface area contributed by atoms with Crippen LogP contribution in [0.2, 0.25) is 0 Å². The maximum Gasteiger partial charge on any atom is 0.392 e. The van der Waals surface area contributed by atoms with Crippen LogP contribution in [-0.4, -0.2) is 19.3 Å². The zero-order valence-corrected chi connectivity index (χ0v) is 9.98. The number of hydrogen-bond donors (Lipinski definition) is 1. The average molecular weight is 265 g/mol. The predicted octanol–water partition coefficient (Wildman–Crippen LogP) is 3.27. The first kappa shape index (κ1) is 14.8. The fourth-order valence-electron chi connectivity index (χ4n) is 1.38. The molecule has 0 aliphatic heterocycles. The van der Waals surface area contributed by atoms with Crippen molar-refractivity contribution in [1.29, 1.82) is 0 Å². The van der Waals surface area contributed by atoms with E-state index in [1.165, 1.54) is 12.1 Å². The molecule has 0 aliphatic carbocycles. The lowest BCUT2D eigenvalue weighted by molar-refractivity contribution is -0.139. The van der Waals surface area contributed by atoms with Crippen LogP contribution in [0.4, 0.5) is 17.6 Å². The number of benzene rings is 1. The molecule has 1 aromatic rings. The summed E-state index contributed by atoms with van der Waals surface area (Å²) in [6.45, 7) is 2.33. The van der Waals surface area contributed by atoms with Gasteiger partial charge in [0.15, 0.2) is 11.6 Å². The molecule has 1 aromatic carbocycles. The number of nitrogens with one attached hydrogen (secondary N) is 1. The van der Waals surface area contributed by atoms with Gasteiger partial charge in [-0.15, -0.1) is 0 Å². The molecule has 18 heavy (non-hydrogen) atoms. The van der Waals surface area contributed by atoms with Crippen LogP contribution in [0.5, 0.6) is 5.75 Å². The van der Waals surface area contributed by atoms with Gasteiger partial charge < -0.3 is 10.1 Å². The van der Waals surface area contributed by atoms with E-state index in [9.17, 15) is 17.6 Å². The van der Waals surface area contributed by atoms with Crippen LogP contribution in [0.15, 0.2) is 18.2 Å². The Hall–Kier alpha value is -1.30. The van der Waals surface area contributed by atoms with Crippen molar-refractivity contribution in [1.82, 2.24) is 5.32 Å². The highest BCUT2D eigenvalue weighted by molar-refractivity contribution is 5.34. The zero-order valence-electron chi connectivity index (χ0n) is 9.98. The predicted molar refractivity (Wildman–Crippen MR) is 59.9 cm³/mol. The summed E-state index contributed by atoms with van der Waals surface area (Å²) in [6.07, 6.45) is -5.39. The molecular weight excluding hydrogens is 250 g/mol. The Morgan fingerprint density at radius 1 is 1.28 bits per heavy atom. The molecule has 2 nitrogen and oxygen atoms in total. The van der Waals surface area contributed by atoms with Gasteiger partial charge in [-0.2, -0.15) is 13.2 Å². The average Bonchev–Trinajstić information content (AvgIpc) is 2.27. The lowest BCUT2D eigenvalue weighted by atomic mass is 10.2. The number of hydrogen-bond acceptors (Lipinski definition) is 2. The van der Waals surface area contributed by atoms with Gasteiger partial charge in [0.05, 0.1) is 13.0 Å². The Morgan fingerprint density at radius 2 is 2.00 bits per heavy atom. The fraction of sp³-hybridized carbons (Fsp3) is 0.500. The van der Waals surface area contributed by atoms with Crippen LogP contribution >= 0.6 is 0 Å². The van der Waals surface area contributed by atoms with E-state index in [-0.39, 0.29) is 5.75 Å². The van der Waals surface area contributed by atoms with Crippen LogP contribution in [0.1, 0.15) is 18.9 Å². The van der Waals surface area contributed by atoms with Crippen molar-refractivity contribution in [2.24, 2.45) is 0 Å². The van der Waals surface area contributed by atoms with E-state index in [1.807, 2.05) is 6.92 Å². The lowest BCUT2D eigenvalue weighted by Crippen LogP contribution is -2.16. The highest BCUT2D eigenvalue weighted by Gasteiger charge is 2.27. The third kappa shape index (κ3) is 4.91. The number of para-hydroxylation sites is 1. The summed E-state index contributed by atoms with van der Waals surface area (Å²) in [5.74, 6) is -0.754. The Labute approximate surface area is 103 Å². The van der Waals surface area contributed by atoms with Gasteiger partial charge in [-0.05, 0) is 12.6 Å². The molecule has 0 radical (unpaired) electrons. The Morgan fingerprint density at radius 3 is 2.61 bits per heavy atom. The maximum atomic E-state index is 13.5. The van der Waals surface area contributed by atoms with Gasteiger partial charge in [-0.25, -0.2) is 4.39 Å². The van der Waals surface area contributed by atoms with E-state index in [2.05, 4.69) is 5.32 Å². The van der Waals surface area contributed by atoms with Gasteiger partial charge >= 0.3 is 6.18 Å². The van der Waals surface area contributed by atoms with Crippen LogP contribution in [0, 0.1) is 5.82 Å². The summed E-state index contributed by atoms with van der Waals surface area (Å²) < 4.78 is 54.3. The molecular formula is C12H15F4NO. The minimum atomic E-state index is -4.30. The highest BCUT2D eigenvalue weighted by Crippen LogP contribution is 2.25. The van der Waals surface area contributed by atoms with Crippen molar-refractivity contribution in [2.75, 3.05) is 13.2 Å². The van der Waals surface area contributed by atoms with Crippen molar-refractivity contribution in [3.05, 3.63) is 29.6 Å². The Bertz CT molecular complexity index is 379. The van der Waals surface area contributed by atoms with Crippen molar-refractivity contribution >= 4 is 0 Å². The summed E-state index contributed by atoms with van der Waals surface area (Å²) in [4.78, 5) is 0. The van der Waals surface area contributed by atoms with Gasteiger partial charge in [0.2, 0.25) is 0 Å². The second-order valence-corrected chi connectivity index (χ2v) is 3.72. The molecule has 0 fully saturated rings. The van der Waals surface area contributed by atoms with E-state index < -0.39 is 25.0 Å². The minimum absolute atomic E-state index is 0.109. The van der Waals surface area contributed by atoms with E-state index in [4.69, 9.17) is 4.74 Å². The lowest BCUT2D eigenvalue weighted by Gasteiger charge is -2.13. The Kier molecular flexibility index (Phi) is 5.40. The molecule has 0 heterocycles. The quantitative estimate of drug-likeness (QED) is 0.797. The monoisotopic (exact) mass is 265 g/mol. The summed E-state index contributed by atoms with van der Waals surface area (Å²) in [5, 5.41) is 2.97. The third-order valence-electron chi connectivity index (χ3n) is 2.25. The van der Waals surface area contributed by atoms with Gasteiger partial charge in [0.25, 0.3) is 0 Å². The minimum Gasteiger partial charge on any atom is -0.490 e. The number of halogens is 4. The van der Waals surface area contributed by atoms with Crippen LogP contribution in [-0.2, 0) is 6.54 Å². The Balaban J connectivity index is 2.67. The van der Waals surface area contributed by atoms with E-state index in [0.717, 1.165) is 0 Å². The van der Waals surface area contributed by atoms with E-state index in [1.54, 1.807) is 6.07 Å². The molecule has 0 spiro atoms. The molecule has 0 saturated heterocycles. The summed E-state index contributed by atoms with van der Waals surface area (Å²) >= 11 is 0. The number of rotatable bonds is 6. The standard InChI is InChI=1S/C12H15F4NO/c1-2-17-8-9-4-3-5-10(13)11(9)18-7-6-12(14,15)16/h3-5,17H,2,6-8H2,1H3. The molecule has 0 aromatic heterocycles. The SMILES string of the molecule is CCNCc1cccc(F)c1OCCC(F)(F)F. The van der Waals surface area contributed by atoms with Gasteiger partial charge in [0.1, 0.15) is 0 Å². The molecule has 0 saturated carbocycles. The van der Waals surface area contributed by atoms with Gasteiger partial charge in [-0.3, -0.25) is 0 Å². The first-order valence-corrected chi connectivity index (χ1v) is 5.61. The van der Waals surface area contributed by atoms with Crippen LogP contribution < -0.4 is 10.1 Å². The van der Waals surface area contributed by atoms with Crippen molar-refractivity contribution in [3.63, 3.8) is 0 Å². The smallest absolute Gasteiger partial charge is 0.392 e. The summed E-state index contributed by atoms with van der Waals surface area (Å²) in [5.41, 5.74) is 0.513. The molecule has 0 amide bonds. The van der Waals surface area contributed by atoms with Crippen molar-refractivity contribution in [2.45, 2.75) is 26.1 Å². The molecule has 0 unspecified atom stereocenters. The van der Waals surface area contributed by atoms with Gasteiger partial charge in [-0.1, -0.05) is 19.1 Å². The van der Waals surface area contributed by atoms with Crippen LogP contribution in [0.25, 0.3) is 0 Å². The third-order valence-corrected chi connectivity index (χ3v) is 2.25. The fourth-order valence-corrected chi connectivity index (χ4v) is 1.38. The normalized spacial score (nSPS) is 11.6. The molecule has 0 aliphatic rings. The van der Waals surface area contributed by atoms with Crippen molar-refractivity contribution < 1.29 is 22.3 Å². The summed E-state index contributed by atoms with van der Waals surface area (Å²) in [6, 6.07) is 4.28. The van der Waals surface area contributed by atoms with Gasteiger partial charge in [0, 0.05) is 12.1 Å². The van der Waals surface area contributed by atoms with E-state index >= 15 is 0 Å². The molecule has 0 atom stereocenters. The van der Waals surface area contributed by atoms with Crippen LogP contribution in [0.3, 0.4) is 0 Å². The first-order valence-electron chi connectivity index (χ1n) is 5.61. The number of ether oxygens (including phenoxy) is 1. The summed E-state index contributed by atoms with van der Waals surface area (Å²) in [7, 11) is 0. The molecule has 6 heteroatoms. The largest absolute Gasteiger partial charge is 0.490 e. The molecule has 1 rings (SSSR count). The molecule has 0 bridgehead atoms. The van der Waals surface area contributed by atoms with E-state index in [0.29, 0.717) is 18.7 Å². The number of alkyl halides is 3. The zero-order chi connectivity index (χ0) is 13.6. The maximum absolute atomic E-state index is 13.5.